The molecule has 0 aliphatic heterocycles. The summed E-state index contributed by atoms with van der Waals surface area (Å²) in [6.07, 6.45) is 0.988. The Kier molecular flexibility index (Phi) is 5.63. The Labute approximate surface area is 173 Å². The number of benzene rings is 1. The maximum atomic E-state index is 12.8. The molecule has 3 heterocycles. The van der Waals surface area contributed by atoms with Crippen molar-refractivity contribution in [1.82, 2.24) is 29.5 Å². The zero-order valence-corrected chi connectivity index (χ0v) is 16.4. The fourth-order valence-electron chi connectivity index (χ4n) is 2.92. The normalized spacial score (nSPS) is 11.0. The molecule has 0 radical (unpaired) electrons. The molecule has 0 atom stereocenters. The first-order valence-corrected chi connectivity index (χ1v) is 9.77. The minimum Gasteiger partial charge on any atom is -0.327 e. The van der Waals surface area contributed by atoms with Gasteiger partial charge in [0.2, 0.25) is 0 Å². The Morgan fingerprint density at radius 1 is 1.20 bits per heavy atom. The SMILES string of the molecule is NCC(Cn1ncn(Cc2ccc(-c3cccc(-c4nc[nH]n4)c3)s2)c1=O)=C(F)F. The second-order valence-electron chi connectivity index (χ2n) is 6.44. The molecule has 0 fully saturated rings. The van der Waals surface area contributed by atoms with E-state index in [1.165, 1.54) is 28.6 Å². The molecule has 0 bridgehead atoms. The van der Waals surface area contributed by atoms with Crippen molar-refractivity contribution in [3.05, 3.63) is 76.1 Å². The van der Waals surface area contributed by atoms with E-state index in [0.29, 0.717) is 12.4 Å². The Hall–Kier alpha value is -3.44. The largest absolute Gasteiger partial charge is 0.346 e. The quantitative estimate of drug-likeness (QED) is 0.470. The summed E-state index contributed by atoms with van der Waals surface area (Å²) in [5, 5.41) is 10.7. The summed E-state index contributed by atoms with van der Waals surface area (Å²) >= 11 is 1.53. The maximum absolute atomic E-state index is 12.8. The van der Waals surface area contributed by atoms with Crippen LogP contribution in [0.4, 0.5) is 8.78 Å². The number of nitrogens with zero attached hydrogens (tertiary/aromatic N) is 5. The minimum atomic E-state index is -1.88. The third kappa shape index (κ3) is 4.11. The van der Waals surface area contributed by atoms with Crippen LogP contribution in [0.1, 0.15) is 4.88 Å². The van der Waals surface area contributed by atoms with Crippen LogP contribution in [0.25, 0.3) is 21.8 Å². The summed E-state index contributed by atoms with van der Waals surface area (Å²) in [7, 11) is 0. The zero-order valence-electron chi connectivity index (χ0n) is 15.6. The van der Waals surface area contributed by atoms with Crippen molar-refractivity contribution in [2.75, 3.05) is 6.54 Å². The highest BCUT2D eigenvalue weighted by atomic mass is 32.1. The predicted molar refractivity (Wildman–Crippen MR) is 109 cm³/mol. The number of aromatic amines is 1. The van der Waals surface area contributed by atoms with Crippen LogP contribution in [0.5, 0.6) is 0 Å². The lowest BCUT2D eigenvalue weighted by atomic mass is 10.1. The lowest BCUT2D eigenvalue weighted by Gasteiger charge is -2.02. The number of hydrogen-bond donors (Lipinski definition) is 2. The van der Waals surface area contributed by atoms with E-state index in [0.717, 1.165) is 25.6 Å². The molecule has 30 heavy (non-hydrogen) atoms. The summed E-state index contributed by atoms with van der Waals surface area (Å²) in [4.78, 5) is 18.6. The van der Waals surface area contributed by atoms with Crippen LogP contribution in [0.2, 0.25) is 0 Å². The van der Waals surface area contributed by atoms with Crippen LogP contribution in [0.3, 0.4) is 0 Å². The summed E-state index contributed by atoms with van der Waals surface area (Å²) in [6, 6.07) is 11.7. The third-order valence-electron chi connectivity index (χ3n) is 4.46. The van der Waals surface area contributed by atoms with Crippen molar-refractivity contribution >= 4 is 11.3 Å². The first kappa shape index (κ1) is 19.9. The van der Waals surface area contributed by atoms with Crippen LogP contribution in [-0.2, 0) is 13.1 Å². The van der Waals surface area contributed by atoms with Gasteiger partial charge in [-0.1, -0.05) is 18.2 Å². The van der Waals surface area contributed by atoms with E-state index in [9.17, 15) is 13.6 Å². The monoisotopic (exact) mass is 429 g/mol. The molecule has 4 rings (SSSR count). The third-order valence-corrected chi connectivity index (χ3v) is 5.58. The first-order chi connectivity index (χ1) is 14.5. The molecular weight excluding hydrogens is 412 g/mol. The number of nitrogens with two attached hydrogens (primary N) is 1. The molecule has 4 aromatic rings. The van der Waals surface area contributed by atoms with E-state index < -0.39 is 11.8 Å². The molecule has 3 N–H and O–H groups in total. The Bertz CT molecular complexity index is 1240. The minimum absolute atomic E-state index is 0.296. The van der Waals surface area contributed by atoms with Gasteiger partial charge in [-0.15, -0.1) is 11.3 Å². The lowest BCUT2D eigenvalue weighted by Crippen LogP contribution is -2.27. The van der Waals surface area contributed by atoms with E-state index >= 15 is 0 Å². The highest BCUT2D eigenvalue weighted by molar-refractivity contribution is 7.15. The van der Waals surface area contributed by atoms with Gasteiger partial charge in [0.1, 0.15) is 12.7 Å². The standard InChI is InChI=1S/C19H17F2N7OS/c20-17(21)14(7-22)8-28-19(29)27(11-25-28)9-15-4-5-16(30-15)12-2-1-3-13(6-12)18-23-10-24-26-18/h1-6,10-11H,7-9,22H2,(H,23,24,26). The van der Waals surface area contributed by atoms with Gasteiger partial charge in [-0.2, -0.15) is 19.0 Å². The van der Waals surface area contributed by atoms with Gasteiger partial charge in [0, 0.05) is 27.4 Å². The van der Waals surface area contributed by atoms with Gasteiger partial charge < -0.3 is 5.73 Å². The zero-order chi connectivity index (χ0) is 21.1. The van der Waals surface area contributed by atoms with Crippen molar-refractivity contribution in [2.45, 2.75) is 13.1 Å². The fraction of sp³-hybridized carbons (Fsp3) is 0.158. The molecule has 0 aliphatic carbocycles. The molecule has 0 saturated heterocycles. The van der Waals surface area contributed by atoms with E-state index in [1.54, 1.807) is 0 Å². The van der Waals surface area contributed by atoms with Crippen LogP contribution in [0, 0.1) is 0 Å². The van der Waals surface area contributed by atoms with Gasteiger partial charge in [0.15, 0.2) is 5.82 Å². The van der Waals surface area contributed by atoms with Crippen molar-refractivity contribution in [2.24, 2.45) is 5.73 Å². The number of H-pyrrole nitrogens is 1. The van der Waals surface area contributed by atoms with E-state index in [-0.39, 0.29) is 18.7 Å². The highest BCUT2D eigenvalue weighted by Gasteiger charge is 2.12. The molecule has 154 valence electrons. The van der Waals surface area contributed by atoms with Crippen LogP contribution < -0.4 is 11.4 Å². The predicted octanol–water partition coefficient (Wildman–Crippen LogP) is 2.72. The Balaban J connectivity index is 1.53. The number of hydrogen-bond acceptors (Lipinski definition) is 6. The van der Waals surface area contributed by atoms with Crippen molar-refractivity contribution < 1.29 is 8.78 Å². The number of nitrogens with one attached hydrogen (secondary N) is 1. The molecule has 0 unspecified atom stereocenters. The number of aromatic nitrogens is 6. The van der Waals surface area contributed by atoms with Crippen LogP contribution in [-0.4, -0.2) is 36.1 Å². The average Bonchev–Trinajstić information content (AvgIpc) is 3.50. The summed E-state index contributed by atoms with van der Waals surface area (Å²) in [5.74, 6) is 0.614. The Morgan fingerprint density at radius 2 is 2.03 bits per heavy atom. The van der Waals surface area contributed by atoms with Gasteiger partial charge in [-0.25, -0.2) is 14.5 Å². The fourth-order valence-corrected chi connectivity index (χ4v) is 3.92. The average molecular weight is 429 g/mol. The lowest BCUT2D eigenvalue weighted by molar-refractivity contribution is 0.400. The van der Waals surface area contributed by atoms with Gasteiger partial charge in [-0.3, -0.25) is 9.67 Å². The highest BCUT2D eigenvalue weighted by Crippen LogP contribution is 2.30. The van der Waals surface area contributed by atoms with Gasteiger partial charge >= 0.3 is 5.69 Å². The molecule has 0 aliphatic rings. The summed E-state index contributed by atoms with van der Waals surface area (Å²) < 4.78 is 28.0. The number of thiophene rings is 1. The number of halogens is 2. The summed E-state index contributed by atoms with van der Waals surface area (Å²) in [5.41, 5.74) is 6.42. The molecule has 0 spiro atoms. The molecule has 11 heteroatoms. The van der Waals surface area contributed by atoms with Crippen LogP contribution >= 0.6 is 11.3 Å². The molecule has 1 aromatic carbocycles. The van der Waals surface area contributed by atoms with Gasteiger partial charge in [0.05, 0.1) is 13.1 Å². The molecule has 0 saturated carbocycles. The maximum Gasteiger partial charge on any atom is 0.346 e. The summed E-state index contributed by atoms with van der Waals surface area (Å²) in [6.45, 7) is -0.360. The van der Waals surface area contributed by atoms with Crippen molar-refractivity contribution in [3.63, 3.8) is 0 Å². The topological polar surface area (TPSA) is 107 Å². The second-order valence-corrected chi connectivity index (χ2v) is 7.60. The van der Waals surface area contributed by atoms with E-state index in [1.807, 2.05) is 36.4 Å². The van der Waals surface area contributed by atoms with Crippen molar-refractivity contribution in [3.8, 4) is 21.8 Å². The van der Waals surface area contributed by atoms with Crippen LogP contribution in [0.15, 0.2) is 65.5 Å². The second kappa shape index (κ2) is 8.51. The molecular formula is C19H17F2N7OS. The van der Waals surface area contributed by atoms with E-state index in [4.69, 9.17) is 5.73 Å². The van der Waals surface area contributed by atoms with Gasteiger partial charge in [-0.05, 0) is 23.8 Å². The van der Waals surface area contributed by atoms with Crippen molar-refractivity contribution in [1.29, 1.82) is 0 Å². The smallest absolute Gasteiger partial charge is 0.327 e. The Morgan fingerprint density at radius 3 is 2.77 bits per heavy atom. The molecule has 8 nitrogen and oxygen atoms in total. The van der Waals surface area contributed by atoms with E-state index in [2.05, 4.69) is 20.3 Å². The first-order valence-electron chi connectivity index (χ1n) is 8.96. The molecule has 3 aromatic heterocycles. The molecule has 0 amide bonds. The number of rotatable bonds is 7. The van der Waals surface area contributed by atoms with Gasteiger partial charge in [0.25, 0.3) is 6.08 Å².